The lowest BCUT2D eigenvalue weighted by Crippen LogP contribution is -2.49. The molecule has 3 aromatic rings. The van der Waals surface area contributed by atoms with Crippen molar-refractivity contribution in [3.05, 3.63) is 76.6 Å². The molecule has 2 aromatic carbocycles. The van der Waals surface area contributed by atoms with Gasteiger partial charge in [0.05, 0.1) is 25.0 Å². The SMILES string of the molecule is COc1ccccc1N1CCN(C(=O)CCn2nc(-c3ccc(C)cc3)ccc2=O)CC1. The lowest BCUT2D eigenvalue weighted by atomic mass is 10.1. The number of methoxy groups -OCH3 is 1. The molecular weight excluding hydrogens is 404 g/mol. The molecule has 1 aromatic heterocycles. The number of aromatic nitrogens is 2. The molecule has 1 amide bonds. The molecule has 2 heterocycles. The van der Waals surface area contributed by atoms with Crippen molar-refractivity contribution in [3.8, 4) is 17.0 Å². The smallest absolute Gasteiger partial charge is 0.266 e. The number of nitrogens with zero attached hydrogens (tertiary/aromatic N) is 4. The predicted molar refractivity (Wildman–Crippen MR) is 125 cm³/mol. The van der Waals surface area contributed by atoms with Crippen LogP contribution < -0.4 is 15.2 Å². The van der Waals surface area contributed by atoms with Crippen LogP contribution in [-0.4, -0.2) is 53.9 Å². The van der Waals surface area contributed by atoms with Crippen LogP contribution in [0.2, 0.25) is 0 Å². The van der Waals surface area contributed by atoms with E-state index in [1.165, 1.54) is 16.3 Å². The summed E-state index contributed by atoms with van der Waals surface area (Å²) >= 11 is 0. The quantitative estimate of drug-likeness (QED) is 0.599. The van der Waals surface area contributed by atoms with Crippen molar-refractivity contribution in [3.63, 3.8) is 0 Å². The highest BCUT2D eigenvalue weighted by Gasteiger charge is 2.22. The number of hydrogen-bond donors (Lipinski definition) is 0. The van der Waals surface area contributed by atoms with E-state index in [2.05, 4.69) is 10.00 Å². The third-order valence-electron chi connectivity index (χ3n) is 5.81. The summed E-state index contributed by atoms with van der Waals surface area (Å²) in [6, 6.07) is 19.2. The van der Waals surface area contributed by atoms with Crippen LogP contribution >= 0.6 is 0 Å². The molecule has 4 rings (SSSR count). The normalized spacial score (nSPS) is 13.8. The average Bonchev–Trinajstić information content (AvgIpc) is 2.84. The maximum absolute atomic E-state index is 12.8. The first kappa shape index (κ1) is 21.6. The monoisotopic (exact) mass is 432 g/mol. The minimum Gasteiger partial charge on any atom is -0.495 e. The standard InChI is InChI=1S/C25H28N4O3/c1-19-7-9-20(10-8-19)21-11-12-25(31)29(26-21)14-13-24(30)28-17-15-27(16-18-28)22-5-3-4-6-23(22)32-2/h3-12H,13-18H2,1-2H3. The lowest BCUT2D eigenvalue weighted by Gasteiger charge is -2.36. The van der Waals surface area contributed by atoms with Gasteiger partial charge in [0.25, 0.3) is 5.56 Å². The van der Waals surface area contributed by atoms with Crippen molar-refractivity contribution < 1.29 is 9.53 Å². The Morgan fingerprint density at radius 2 is 1.69 bits per heavy atom. The number of rotatable bonds is 6. The Morgan fingerprint density at radius 1 is 0.969 bits per heavy atom. The fourth-order valence-corrected chi connectivity index (χ4v) is 3.93. The summed E-state index contributed by atoms with van der Waals surface area (Å²) in [6.07, 6.45) is 0.249. The first-order valence-corrected chi connectivity index (χ1v) is 10.9. The largest absolute Gasteiger partial charge is 0.495 e. The van der Waals surface area contributed by atoms with E-state index in [0.717, 1.165) is 35.8 Å². The summed E-state index contributed by atoms with van der Waals surface area (Å²) in [5.74, 6) is 0.880. The van der Waals surface area contributed by atoms with E-state index in [1.807, 2.05) is 60.4 Å². The second kappa shape index (κ2) is 9.68. The van der Waals surface area contributed by atoms with Crippen molar-refractivity contribution in [2.45, 2.75) is 19.9 Å². The van der Waals surface area contributed by atoms with Crippen molar-refractivity contribution in [2.75, 3.05) is 38.2 Å². The van der Waals surface area contributed by atoms with Gasteiger partial charge in [-0.3, -0.25) is 9.59 Å². The third kappa shape index (κ3) is 4.82. The molecule has 1 aliphatic rings. The zero-order chi connectivity index (χ0) is 22.5. The van der Waals surface area contributed by atoms with E-state index < -0.39 is 0 Å². The fraction of sp³-hybridized carbons (Fsp3) is 0.320. The summed E-state index contributed by atoms with van der Waals surface area (Å²) in [5.41, 5.74) is 3.68. The van der Waals surface area contributed by atoms with Gasteiger partial charge < -0.3 is 14.5 Å². The van der Waals surface area contributed by atoms with Crippen LogP contribution in [0.3, 0.4) is 0 Å². The topological polar surface area (TPSA) is 67.7 Å². The van der Waals surface area contributed by atoms with Crippen LogP contribution in [0.4, 0.5) is 5.69 Å². The van der Waals surface area contributed by atoms with Crippen LogP contribution in [0.5, 0.6) is 5.75 Å². The van der Waals surface area contributed by atoms with Gasteiger partial charge in [-0.1, -0.05) is 42.0 Å². The summed E-state index contributed by atoms with van der Waals surface area (Å²) in [7, 11) is 1.67. The molecule has 1 aliphatic heterocycles. The number of piperazine rings is 1. The Bertz CT molecular complexity index is 1130. The fourth-order valence-electron chi connectivity index (χ4n) is 3.93. The Labute approximate surface area is 187 Å². The van der Waals surface area contributed by atoms with Gasteiger partial charge in [0.15, 0.2) is 0 Å². The molecule has 0 N–H and O–H groups in total. The van der Waals surface area contributed by atoms with Crippen LogP contribution in [0.25, 0.3) is 11.3 Å². The molecule has 1 fully saturated rings. The number of anilines is 1. The van der Waals surface area contributed by atoms with E-state index in [9.17, 15) is 9.59 Å². The van der Waals surface area contributed by atoms with Gasteiger partial charge in [-0.25, -0.2) is 4.68 Å². The number of carbonyl (C=O) groups is 1. The molecule has 7 nitrogen and oxygen atoms in total. The van der Waals surface area contributed by atoms with E-state index in [4.69, 9.17) is 4.74 Å². The highest BCUT2D eigenvalue weighted by molar-refractivity contribution is 5.76. The number of ether oxygens (including phenoxy) is 1. The molecule has 0 unspecified atom stereocenters. The minimum absolute atomic E-state index is 0.0408. The van der Waals surface area contributed by atoms with Gasteiger partial charge in [0.1, 0.15) is 5.75 Å². The highest BCUT2D eigenvalue weighted by Crippen LogP contribution is 2.28. The van der Waals surface area contributed by atoms with Crippen LogP contribution in [-0.2, 0) is 11.3 Å². The summed E-state index contributed by atoms with van der Waals surface area (Å²) in [6.45, 7) is 5.07. The molecule has 0 aliphatic carbocycles. The number of carbonyl (C=O) groups excluding carboxylic acids is 1. The number of hydrogen-bond acceptors (Lipinski definition) is 5. The number of para-hydroxylation sites is 2. The molecule has 0 atom stereocenters. The summed E-state index contributed by atoms with van der Waals surface area (Å²) in [4.78, 5) is 29.1. The molecule has 0 bridgehead atoms. The van der Waals surface area contributed by atoms with Crippen molar-refractivity contribution in [1.82, 2.24) is 14.7 Å². The Hall–Kier alpha value is -3.61. The summed E-state index contributed by atoms with van der Waals surface area (Å²) in [5, 5.41) is 4.47. The van der Waals surface area contributed by atoms with Gasteiger partial charge in [-0.2, -0.15) is 5.10 Å². The van der Waals surface area contributed by atoms with Crippen LogP contribution in [0, 0.1) is 6.92 Å². The number of amides is 1. The Morgan fingerprint density at radius 3 is 2.41 bits per heavy atom. The van der Waals surface area contributed by atoms with Crippen molar-refractivity contribution >= 4 is 11.6 Å². The molecule has 7 heteroatoms. The molecule has 166 valence electrons. The molecule has 1 saturated heterocycles. The maximum Gasteiger partial charge on any atom is 0.266 e. The van der Waals surface area contributed by atoms with E-state index in [0.29, 0.717) is 13.1 Å². The second-order valence-electron chi connectivity index (χ2n) is 7.94. The molecule has 0 radical (unpaired) electrons. The van der Waals surface area contributed by atoms with Gasteiger partial charge in [-0.15, -0.1) is 0 Å². The Balaban J connectivity index is 1.36. The van der Waals surface area contributed by atoms with E-state index in [1.54, 1.807) is 13.2 Å². The Kier molecular flexibility index (Phi) is 6.54. The summed E-state index contributed by atoms with van der Waals surface area (Å²) < 4.78 is 6.84. The van der Waals surface area contributed by atoms with Gasteiger partial charge in [0.2, 0.25) is 5.91 Å². The van der Waals surface area contributed by atoms with Crippen LogP contribution in [0.15, 0.2) is 65.5 Å². The van der Waals surface area contributed by atoms with Crippen LogP contribution in [0.1, 0.15) is 12.0 Å². The number of benzene rings is 2. The lowest BCUT2D eigenvalue weighted by molar-refractivity contribution is -0.131. The van der Waals surface area contributed by atoms with Crippen molar-refractivity contribution in [2.24, 2.45) is 0 Å². The van der Waals surface area contributed by atoms with Crippen molar-refractivity contribution in [1.29, 1.82) is 0 Å². The first-order chi connectivity index (χ1) is 15.5. The predicted octanol–water partition coefficient (Wildman–Crippen LogP) is 2.97. The highest BCUT2D eigenvalue weighted by atomic mass is 16.5. The molecular formula is C25H28N4O3. The molecule has 0 spiro atoms. The zero-order valence-corrected chi connectivity index (χ0v) is 18.5. The van der Waals surface area contributed by atoms with Gasteiger partial charge in [0, 0.05) is 44.2 Å². The molecule has 0 saturated carbocycles. The number of aryl methyl sites for hydroxylation is 2. The van der Waals surface area contributed by atoms with Gasteiger partial charge >= 0.3 is 0 Å². The average molecular weight is 433 g/mol. The first-order valence-electron chi connectivity index (χ1n) is 10.9. The molecule has 32 heavy (non-hydrogen) atoms. The second-order valence-corrected chi connectivity index (χ2v) is 7.94. The van der Waals surface area contributed by atoms with Gasteiger partial charge in [-0.05, 0) is 25.1 Å². The van der Waals surface area contributed by atoms with E-state index >= 15 is 0 Å². The van der Waals surface area contributed by atoms with E-state index in [-0.39, 0.29) is 24.4 Å². The maximum atomic E-state index is 12.8. The third-order valence-corrected chi connectivity index (χ3v) is 5.81. The zero-order valence-electron chi connectivity index (χ0n) is 18.5. The minimum atomic E-state index is -0.199.